The molecule has 158 valence electrons. The Morgan fingerprint density at radius 2 is 1.70 bits per heavy atom. The van der Waals surface area contributed by atoms with Gasteiger partial charge >= 0.3 is 5.97 Å². The number of benzene rings is 2. The summed E-state index contributed by atoms with van der Waals surface area (Å²) in [5.41, 5.74) is 0.126. The largest absolute Gasteiger partial charge is 0.497 e. The van der Waals surface area contributed by atoms with Crippen molar-refractivity contribution in [3.8, 4) is 5.75 Å². The van der Waals surface area contributed by atoms with E-state index in [2.05, 4.69) is 5.32 Å². The van der Waals surface area contributed by atoms with Crippen LogP contribution >= 0.6 is 0 Å². The van der Waals surface area contributed by atoms with Crippen molar-refractivity contribution >= 4 is 11.9 Å². The second-order valence-corrected chi connectivity index (χ2v) is 6.86. The molecule has 1 aliphatic rings. The molecule has 0 heterocycles. The summed E-state index contributed by atoms with van der Waals surface area (Å²) in [4.78, 5) is 24.7. The Hall–Kier alpha value is -3.29. The van der Waals surface area contributed by atoms with Gasteiger partial charge in [0.2, 0.25) is 0 Å². The lowest BCUT2D eigenvalue weighted by Gasteiger charge is -2.22. The van der Waals surface area contributed by atoms with Crippen LogP contribution < -0.4 is 10.1 Å². The fourth-order valence-electron chi connectivity index (χ4n) is 3.53. The number of esters is 1. The standard InChI is InChI=1S/C22H20F3NO4/c1-29-15-7-4-12(5-8-15)18(22(28)30-2)13-3-6-14(11-13)26-21(27)16-9-10-17(23)20(25)19(16)24/h3-10,13-14,18H,11H2,1-2H3,(H,26,27)/t13-,14-,18-/m1/s1. The van der Waals surface area contributed by atoms with Gasteiger partial charge in [-0.3, -0.25) is 9.59 Å². The van der Waals surface area contributed by atoms with Crippen molar-refractivity contribution in [2.24, 2.45) is 5.92 Å². The van der Waals surface area contributed by atoms with E-state index in [1.807, 2.05) is 0 Å². The summed E-state index contributed by atoms with van der Waals surface area (Å²) in [7, 11) is 2.83. The van der Waals surface area contributed by atoms with E-state index in [4.69, 9.17) is 9.47 Å². The second kappa shape index (κ2) is 9.02. The number of methoxy groups -OCH3 is 2. The predicted octanol–water partition coefficient (Wildman–Crippen LogP) is 3.74. The Balaban J connectivity index is 1.73. The van der Waals surface area contributed by atoms with Crippen LogP contribution in [-0.2, 0) is 9.53 Å². The summed E-state index contributed by atoms with van der Waals surface area (Å²) >= 11 is 0. The fourth-order valence-corrected chi connectivity index (χ4v) is 3.53. The molecule has 0 unspecified atom stereocenters. The van der Waals surface area contributed by atoms with Gasteiger partial charge in [-0.15, -0.1) is 0 Å². The first-order chi connectivity index (χ1) is 14.3. The first kappa shape index (κ1) is 21.4. The van der Waals surface area contributed by atoms with E-state index in [0.717, 1.165) is 11.6 Å². The Bertz CT molecular complexity index is 975. The van der Waals surface area contributed by atoms with Crippen LogP contribution in [0.2, 0.25) is 0 Å². The van der Waals surface area contributed by atoms with E-state index < -0.39 is 46.9 Å². The number of carbonyl (C=O) groups excluding carboxylic acids is 2. The summed E-state index contributed by atoms with van der Waals surface area (Å²) in [5, 5.41) is 2.57. The van der Waals surface area contributed by atoms with E-state index in [9.17, 15) is 22.8 Å². The van der Waals surface area contributed by atoms with Gasteiger partial charge in [-0.25, -0.2) is 13.2 Å². The molecule has 0 saturated carbocycles. The van der Waals surface area contributed by atoms with Crippen LogP contribution in [0.15, 0.2) is 48.6 Å². The van der Waals surface area contributed by atoms with Crippen LogP contribution in [0.4, 0.5) is 13.2 Å². The highest BCUT2D eigenvalue weighted by Gasteiger charge is 2.34. The van der Waals surface area contributed by atoms with Gasteiger partial charge in [-0.2, -0.15) is 0 Å². The van der Waals surface area contributed by atoms with Gasteiger partial charge in [-0.1, -0.05) is 24.3 Å². The topological polar surface area (TPSA) is 64.6 Å². The molecule has 30 heavy (non-hydrogen) atoms. The van der Waals surface area contributed by atoms with Gasteiger partial charge in [-0.05, 0) is 42.2 Å². The summed E-state index contributed by atoms with van der Waals surface area (Å²) in [5.74, 6) is -6.18. The summed E-state index contributed by atoms with van der Waals surface area (Å²) in [6.07, 6.45) is 3.81. The number of allylic oxidation sites excluding steroid dienone is 1. The third-order valence-electron chi connectivity index (χ3n) is 5.07. The maximum absolute atomic E-state index is 13.9. The highest BCUT2D eigenvalue weighted by atomic mass is 19.2. The minimum absolute atomic E-state index is 0.286. The Labute approximate surface area is 171 Å². The van der Waals surface area contributed by atoms with Crippen molar-refractivity contribution in [1.29, 1.82) is 0 Å². The van der Waals surface area contributed by atoms with Crippen LogP contribution in [0.5, 0.6) is 5.75 Å². The lowest BCUT2D eigenvalue weighted by Crippen LogP contribution is -2.34. The molecule has 1 aliphatic carbocycles. The number of hydrogen-bond acceptors (Lipinski definition) is 4. The summed E-state index contributed by atoms with van der Waals surface area (Å²) < 4.78 is 50.4. The number of hydrogen-bond donors (Lipinski definition) is 1. The molecule has 0 radical (unpaired) electrons. The van der Waals surface area contributed by atoms with Crippen molar-refractivity contribution in [3.63, 3.8) is 0 Å². The number of ether oxygens (including phenoxy) is 2. The summed E-state index contributed by atoms with van der Waals surface area (Å²) in [6.45, 7) is 0. The molecule has 3 rings (SSSR count). The van der Waals surface area contributed by atoms with Crippen molar-refractivity contribution < 1.29 is 32.2 Å². The molecule has 0 aliphatic heterocycles. The van der Waals surface area contributed by atoms with Gasteiger partial charge < -0.3 is 14.8 Å². The molecule has 0 aromatic heterocycles. The molecule has 0 bridgehead atoms. The molecular formula is C22H20F3NO4. The minimum Gasteiger partial charge on any atom is -0.497 e. The third kappa shape index (κ3) is 4.32. The lowest BCUT2D eigenvalue weighted by molar-refractivity contribution is -0.143. The molecule has 1 amide bonds. The molecule has 3 atom stereocenters. The zero-order valence-corrected chi connectivity index (χ0v) is 16.3. The smallest absolute Gasteiger partial charge is 0.313 e. The normalized spacial score (nSPS) is 18.7. The van der Waals surface area contributed by atoms with Crippen molar-refractivity contribution in [2.75, 3.05) is 14.2 Å². The average molecular weight is 419 g/mol. The number of nitrogens with one attached hydrogen (secondary N) is 1. The highest BCUT2D eigenvalue weighted by molar-refractivity contribution is 5.94. The molecule has 0 fully saturated rings. The summed E-state index contributed by atoms with van der Waals surface area (Å²) in [6, 6.07) is 8.05. The highest BCUT2D eigenvalue weighted by Crippen LogP contribution is 2.35. The number of amides is 1. The van der Waals surface area contributed by atoms with Crippen LogP contribution in [0.3, 0.4) is 0 Å². The minimum atomic E-state index is -1.70. The van der Waals surface area contributed by atoms with E-state index in [1.54, 1.807) is 36.4 Å². The van der Waals surface area contributed by atoms with Crippen molar-refractivity contribution in [2.45, 2.75) is 18.4 Å². The molecule has 5 nitrogen and oxygen atoms in total. The molecule has 0 saturated heterocycles. The number of halogens is 3. The van der Waals surface area contributed by atoms with Gasteiger partial charge in [0.15, 0.2) is 17.5 Å². The van der Waals surface area contributed by atoms with Crippen LogP contribution in [0, 0.1) is 23.4 Å². The molecule has 0 spiro atoms. The van der Waals surface area contributed by atoms with Gasteiger partial charge in [0.1, 0.15) is 5.75 Å². The molecule has 8 heteroatoms. The van der Waals surface area contributed by atoms with E-state index in [-0.39, 0.29) is 5.92 Å². The zero-order valence-electron chi connectivity index (χ0n) is 16.3. The van der Waals surface area contributed by atoms with Crippen molar-refractivity contribution in [3.05, 3.63) is 77.1 Å². The molecular weight excluding hydrogens is 399 g/mol. The second-order valence-electron chi connectivity index (χ2n) is 6.86. The average Bonchev–Trinajstić information content (AvgIpc) is 3.20. The Morgan fingerprint density at radius 3 is 2.33 bits per heavy atom. The number of carbonyl (C=O) groups is 2. The zero-order chi connectivity index (χ0) is 21.8. The quantitative estimate of drug-likeness (QED) is 0.440. The first-order valence-corrected chi connectivity index (χ1v) is 9.20. The van der Waals surface area contributed by atoms with Crippen LogP contribution in [0.25, 0.3) is 0 Å². The van der Waals surface area contributed by atoms with Gasteiger partial charge in [0.05, 0.1) is 25.7 Å². The van der Waals surface area contributed by atoms with Gasteiger partial charge in [0.25, 0.3) is 5.91 Å². The third-order valence-corrected chi connectivity index (χ3v) is 5.07. The maximum atomic E-state index is 13.9. The van der Waals surface area contributed by atoms with E-state index in [0.29, 0.717) is 18.2 Å². The lowest BCUT2D eigenvalue weighted by atomic mass is 9.85. The fraction of sp³-hybridized carbons (Fsp3) is 0.273. The maximum Gasteiger partial charge on any atom is 0.313 e. The van der Waals surface area contributed by atoms with Crippen LogP contribution in [-0.4, -0.2) is 32.1 Å². The van der Waals surface area contributed by atoms with E-state index in [1.165, 1.54) is 14.2 Å². The van der Waals surface area contributed by atoms with E-state index >= 15 is 0 Å². The molecule has 2 aromatic carbocycles. The number of rotatable bonds is 6. The Kier molecular flexibility index (Phi) is 6.44. The van der Waals surface area contributed by atoms with Crippen molar-refractivity contribution in [1.82, 2.24) is 5.32 Å². The SMILES string of the molecule is COC(=O)[C@H](c1ccc(OC)cc1)[C@@H]1C=C[C@@H](NC(=O)c2ccc(F)c(F)c2F)C1. The molecule has 1 N–H and O–H groups in total. The molecule has 2 aromatic rings. The van der Waals surface area contributed by atoms with Crippen LogP contribution in [0.1, 0.15) is 28.3 Å². The first-order valence-electron chi connectivity index (χ1n) is 9.20. The monoisotopic (exact) mass is 419 g/mol. The predicted molar refractivity (Wildman–Crippen MR) is 103 cm³/mol. The Morgan fingerprint density at radius 1 is 1.00 bits per heavy atom. The van der Waals surface area contributed by atoms with Gasteiger partial charge in [0, 0.05) is 6.04 Å².